The Kier molecular flexibility index (Phi) is 5.44. The van der Waals surface area contributed by atoms with Crippen LogP contribution in [0.4, 0.5) is 0 Å². The van der Waals surface area contributed by atoms with Crippen molar-refractivity contribution in [2.75, 3.05) is 26.2 Å². The molecule has 2 fully saturated rings. The van der Waals surface area contributed by atoms with Crippen LogP contribution in [0.3, 0.4) is 0 Å². The molecule has 0 radical (unpaired) electrons. The Bertz CT molecular complexity index is 316. The van der Waals surface area contributed by atoms with E-state index in [1.54, 1.807) is 0 Å². The molecule has 0 bridgehead atoms. The van der Waals surface area contributed by atoms with E-state index in [1.807, 2.05) is 9.80 Å². The van der Waals surface area contributed by atoms with Crippen LogP contribution in [0.2, 0.25) is 0 Å². The summed E-state index contributed by atoms with van der Waals surface area (Å²) >= 11 is 0. The summed E-state index contributed by atoms with van der Waals surface area (Å²) in [5.74, 6) is 1.03. The summed E-state index contributed by atoms with van der Waals surface area (Å²) in [6.07, 6.45) is 6.34. The van der Waals surface area contributed by atoms with E-state index in [9.17, 15) is 9.59 Å². The minimum absolute atomic E-state index is 0.159. The van der Waals surface area contributed by atoms with Crippen LogP contribution < -0.4 is 0 Å². The number of piperazine rings is 1. The Morgan fingerprint density at radius 2 is 1.45 bits per heavy atom. The van der Waals surface area contributed by atoms with Crippen LogP contribution in [0.15, 0.2) is 0 Å². The molecule has 0 N–H and O–H groups in total. The number of carbonyl (C=O) groups is 2. The van der Waals surface area contributed by atoms with Gasteiger partial charge in [-0.25, -0.2) is 0 Å². The highest BCUT2D eigenvalue weighted by molar-refractivity contribution is 5.81. The number of hydrogen-bond acceptors (Lipinski definition) is 2. The van der Waals surface area contributed by atoms with Gasteiger partial charge < -0.3 is 9.80 Å². The summed E-state index contributed by atoms with van der Waals surface area (Å²) in [5.41, 5.74) is 0. The third-order valence-corrected chi connectivity index (χ3v) is 4.94. The first-order valence-electron chi connectivity index (χ1n) is 8.24. The van der Waals surface area contributed by atoms with Crippen LogP contribution in [0.5, 0.6) is 0 Å². The summed E-state index contributed by atoms with van der Waals surface area (Å²) in [6.45, 7) is 7.03. The standard InChI is InChI=1S/C16H28N2O2/c1-3-13(4-2)15(19)17-9-11-18(12-10-17)16(20)14-7-5-6-8-14/h13-14H,3-12H2,1-2H3. The zero-order valence-corrected chi connectivity index (χ0v) is 12.9. The zero-order chi connectivity index (χ0) is 14.5. The van der Waals surface area contributed by atoms with Gasteiger partial charge in [-0.05, 0) is 25.7 Å². The fourth-order valence-electron chi connectivity index (χ4n) is 3.47. The molecule has 4 nitrogen and oxygen atoms in total. The second kappa shape index (κ2) is 7.09. The van der Waals surface area contributed by atoms with Gasteiger partial charge in [0.2, 0.25) is 11.8 Å². The van der Waals surface area contributed by atoms with E-state index in [-0.39, 0.29) is 17.7 Å². The Balaban J connectivity index is 1.82. The van der Waals surface area contributed by atoms with Gasteiger partial charge in [0.25, 0.3) is 0 Å². The summed E-state index contributed by atoms with van der Waals surface area (Å²) < 4.78 is 0. The lowest BCUT2D eigenvalue weighted by Gasteiger charge is -2.37. The van der Waals surface area contributed by atoms with E-state index >= 15 is 0 Å². The van der Waals surface area contributed by atoms with Gasteiger partial charge in [-0.1, -0.05) is 26.7 Å². The first-order chi connectivity index (χ1) is 9.67. The predicted molar refractivity (Wildman–Crippen MR) is 79.2 cm³/mol. The molecule has 20 heavy (non-hydrogen) atoms. The zero-order valence-electron chi connectivity index (χ0n) is 12.9. The lowest BCUT2D eigenvalue weighted by Crippen LogP contribution is -2.52. The fourth-order valence-corrected chi connectivity index (χ4v) is 3.47. The van der Waals surface area contributed by atoms with Crippen LogP contribution in [-0.2, 0) is 9.59 Å². The van der Waals surface area contributed by atoms with Gasteiger partial charge in [-0.3, -0.25) is 9.59 Å². The molecule has 0 aromatic heterocycles. The van der Waals surface area contributed by atoms with E-state index in [2.05, 4.69) is 13.8 Å². The molecule has 2 aliphatic rings. The molecule has 0 unspecified atom stereocenters. The van der Waals surface area contributed by atoms with Crippen LogP contribution >= 0.6 is 0 Å². The largest absolute Gasteiger partial charge is 0.339 e. The van der Waals surface area contributed by atoms with Gasteiger partial charge >= 0.3 is 0 Å². The van der Waals surface area contributed by atoms with Gasteiger partial charge in [-0.15, -0.1) is 0 Å². The maximum atomic E-state index is 12.3. The molecule has 1 aliphatic carbocycles. The Morgan fingerprint density at radius 1 is 0.950 bits per heavy atom. The van der Waals surface area contributed by atoms with Gasteiger partial charge in [0.15, 0.2) is 0 Å². The van der Waals surface area contributed by atoms with Crippen LogP contribution in [-0.4, -0.2) is 47.8 Å². The first kappa shape index (κ1) is 15.3. The van der Waals surface area contributed by atoms with Crippen molar-refractivity contribution in [1.82, 2.24) is 9.80 Å². The smallest absolute Gasteiger partial charge is 0.225 e. The Hall–Kier alpha value is -1.06. The van der Waals surface area contributed by atoms with E-state index in [0.717, 1.165) is 38.8 Å². The molecule has 114 valence electrons. The van der Waals surface area contributed by atoms with Crippen molar-refractivity contribution in [3.63, 3.8) is 0 Å². The summed E-state index contributed by atoms with van der Waals surface area (Å²) in [5, 5.41) is 0. The number of hydrogen-bond donors (Lipinski definition) is 0. The normalized spacial score (nSPS) is 20.8. The first-order valence-corrected chi connectivity index (χ1v) is 8.24. The predicted octanol–water partition coefficient (Wildman–Crippen LogP) is 2.28. The Morgan fingerprint density at radius 3 is 1.95 bits per heavy atom. The van der Waals surface area contributed by atoms with Gasteiger partial charge in [0.05, 0.1) is 0 Å². The summed E-state index contributed by atoms with van der Waals surface area (Å²) in [6, 6.07) is 0. The van der Waals surface area contributed by atoms with Crippen molar-refractivity contribution in [3.8, 4) is 0 Å². The SMILES string of the molecule is CCC(CC)C(=O)N1CCN(C(=O)C2CCCC2)CC1. The van der Waals surface area contributed by atoms with Crippen LogP contribution in [0.1, 0.15) is 52.4 Å². The molecule has 2 rings (SSSR count). The quantitative estimate of drug-likeness (QED) is 0.792. The number of rotatable bonds is 4. The molecule has 0 aromatic rings. The van der Waals surface area contributed by atoms with Crippen molar-refractivity contribution in [3.05, 3.63) is 0 Å². The van der Waals surface area contributed by atoms with Crippen molar-refractivity contribution in [2.24, 2.45) is 11.8 Å². The number of carbonyl (C=O) groups excluding carboxylic acids is 2. The van der Waals surface area contributed by atoms with Crippen molar-refractivity contribution in [1.29, 1.82) is 0 Å². The second-order valence-corrected chi connectivity index (χ2v) is 6.15. The molecule has 0 spiro atoms. The Labute approximate surface area is 122 Å². The maximum absolute atomic E-state index is 12.3. The summed E-state index contributed by atoms with van der Waals surface area (Å²) in [4.78, 5) is 28.6. The van der Waals surface area contributed by atoms with Gasteiger partial charge in [0.1, 0.15) is 0 Å². The molecule has 2 amide bonds. The minimum Gasteiger partial charge on any atom is -0.339 e. The highest BCUT2D eigenvalue weighted by atomic mass is 16.2. The molecule has 1 aliphatic heterocycles. The van der Waals surface area contributed by atoms with E-state index in [4.69, 9.17) is 0 Å². The maximum Gasteiger partial charge on any atom is 0.225 e. The fraction of sp³-hybridized carbons (Fsp3) is 0.875. The van der Waals surface area contributed by atoms with E-state index in [1.165, 1.54) is 12.8 Å². The molecule has 1 saturated heterocycles. The lowest BCUT2D eigenvalue weighted by atomic mass is 10.0. The molecular formula is C16H28N2O2. The molecular weight excluding hydrogens is 252 g/mol. The van der Waals surface area contributed by atoms with Gasteiger partial charge in [0, 0.05) is 38.0 Å². The molecule has 1 heterocycles. The van der Waals surface area contributed by atoms with Crippen LogP contribution in [0, 0.1) is 11.8 Å². The monoisotopic (exact) mass is 280 g/mol. The number of nitrogens with zero attached hydrogens (tertiary/aromatic N) is 2. The van der Waals surface area contributed by atoms with Gasteiger partial charge in [-0.2, -0.15) is 0 Å². The molecule has 0 aromatic carbocycles. The lowest BCUT2D eigenvalue weighted by molar-refractivity contribution is -0.144. The van der Waals surface area contributed by atoms with Crippen molar-refractivity contribution in [2.45, 2.75) is 52.4 Å². The van der Waals surface area contributed by atoms with E-state index < -0.39 is 0 Å². The average molecular weight is 280 g/mol. The summed E-state index contributed by atoms with van der Waals surface area (Å²) in [7, 11) is 0. The third-order valence-electron chi connectivity index (χ3n) is 4.94. The highest BCUT2D eigenvalue weighted by Gasteiger charge is 2.31. The topological polar surface area (TPSA) is 40.6 Å². The van der Waals surface area contributed by atoms with Crippen LogP contribution in [0.25, 0.3) is 0 Å². The highest BCUT2D eigenvalue weighted by Crippen LogP contribution is 2.27. The molecule has 4 heteroatoms. The van der Waals surface area contributed by atoms with Crippen molar-refractivity contribution >= 4 is 11.8 Å². The second-order valence-electron chi connectivity index (χ2n) is 6.15. The molecule has 1 saturated carbocycles. The van der Waals surface area contributed by atoms with E-state index in [0.29, 0.717) is 19.0 Å². The molecule has 0 atom stereocenters. The number of amides is 2. The minimum atomic E-state index is 0.159. The van der Waals surface area contributed by atoms with Crippen molar-refractivity contribution < 1.29 is 9.59 Å². The third kappa shape index (κ3) is 3.33. The average Bonchev–Trinajstić information content (AvgIpc) is 3.02.